The van der Waals surface area contributed by atoms with Crippen LogP contribution in [0.1, 0.15) is 6.42 Å². The Hall–Kier alpha value is -1.40. The number of nitrogens with one attached hydrogen (secondary N) is 3. The van der Waals surface area contributed by atoms with Crippen LogP contribution >= 0.6 is 0 Å². The Morgan fingerprint density at radius 3 is 3.33 bits per heavy atom. The van der Waals surface area contributed by atoms with Gasteiger partial charge in [-0.15, -0.1) is 0 Å². The lowest BCUT2D eigenvalue weighted by molar-refractivity contribution is -0.117. The number of anilines is 1. The summed E-state index contributed by atoms with van der Waals surface area (Å²) in [6.07, 6.45) is 3.66. The molecule has 1 aromatic heterocycles. The molecule has 0 aromatic carbocycles. The van der Waals surface area contributed by atoms with Crippen LogP contribution in [-0.2, 0) is 9.53 Å². The molecule has 1 aliphatic heterocycles. The summed E-state index contributed by atoms with van der Waals surface area (Å²) in [5, 5.41) is 5.88. The number of H-pyrrole nitrogens is 1. The summed E-state index contributed by atoms with van der Waals surface area (Å²) in [5.41, 5.74) is 0. The van der Waals surface area contributed by atoms with E-state index in [9.17, 15) is 4.79 Å². The minimum absolute atomic E-state index is 0.0621. The van der Waals surface area contributed by atoms with E-state index in [0.29, 0.717) is 19.0 Å². The van der Waals surface area contributed by atoms with Crippen molar-refractivity contribution in [2.45, 2.75) is 12.5 Å². The van der Waals surface area contributed by atoms with Crippen LogP contribution in [0.25, 0.3) is 0 Å². The Labute approximate surface area is 87.4 Å². The van der Waals surface area contributed by atoms with Gasteiger partial charge in [-0.25, -0.2) is 4.98 Å². The second-order valence-corrected chi connectivity index (χ2v) is 3.42. The molecule has 0 saturated carbocycles. The highest BCUT2D eigenvalue weighted by molar-refractivity contribution is 5.89. The van der Waals surface area contributed by atoms with Crippen molar-refractivity contribution >= 4 is 11.9 Å². The number of morpholine rings is 1. The standard InChI is InChI=1S/C9H14N4O2/c14-8(13-9-11-1-2-12-9)5-7-6-15-4-3-10-7/h1-2,7,10H,3-6H2,(H2,11,12,13,14). The molecule has 2 heterocycles. The van der Waals surface area contributed by atoms with Gasteiger partial charge in [-0.1, -0.05) is 0 Å². The maximum absolute atomic E-state index is 11.5. The first kappa shape index (κ1) is 10.1. The predicted molar refractivity (Wildman–Crippen MR) is 54.4 cm³/mol. The SMILES string of the molecule is O=C(CC1COCCN1)Nc1ncc[nH]1. The second kappa shape index (κ2) is 4.90. The zero-order valence-electron chi connectivity index (χ0n) is 8.32. The molecule has 0 spiro atoms. The number of aromatic nitrogens is 2. The van der Waals surface area contributed by atoms with Crippen LogP contribution in [0, 0.1) is 0 Å². The molecule has 1 amide bonds. The van der Waals surface area contributed by atoms with Gasteiger partial charge in [0.05, 0.1) is 13.2 Å². The van der Waals surface area contributed by atoms with Crippen molar-refractivity contribution in [3.63, 3.8) is 0 Å². The predicted octanol–water partition coefficient (Wildman–Crippen LogP) is -0.273. The summed E-state index contributed by atoms with van der Waals surface area (Å²) < 4.78 is 5.25. The first-order valence-corrected chi connectivity index (χ1v) is 4.95. The number of amides is 1. The third-order valence-corrected chi connectivity index (χ3v) is 2.19. The molecule has 1 atom stereocenters. The molecule has 0 bridgehead atoms. The zero-order chi connectivity index (χ0) is 10.5. The van der Waals surface area contributed by atoms with Crippen LogP contribution in [0.15, 0.2) is 12.4 Å². The number of nitrogens with zero attached hydrogens (tertiary/aromatic N) is 1. The fraction of sp³-hybridized carbons (Fsp3) is 0.556. The summed E-state index contributed by atoms with van der Waals surface area (Å²) in [6, 6.07) is 0.105. The Morgan fingerprint density at radius 1 is 1.73 bits per heavy atom. The Kier molecular flexibility index (Phi) is 3.31. The molecule has 2 rings (SSSR count). The number of rotatable bonds is 3. The average molecular weight is 210 g/mol. The number of ether oxygens (including phenoxy) is 1. The third kappa shape index (κ3) is 3.03. The fourth-order valence-corrected chi connectivity index (χ4v) is 1.49. The van der Waals surface area contributed by atoms with Gasteiger partial charge in [-0.2, -0.15) is 0 Å². The number of hydrogen-bond acceptors (Lipinski definition) is 4. The molecule has 1 fully saturated rings. The third-order valence-electron chi connectivity index (χ3n) is 2.19. The van der Waals surface area contributed by atoms with Gasteiger partial charge in [0.15, 0.2) is 0 Å². The lowest BCUT2D eigenvalue weighted by Gasteiger charge is -2.22. The average Bonchev–Trinajstić information content (AvgIpc) is 2.71. The summed E-state index contributed by atoms with van der Waals surface area (Å²) in [6.45, 7) is 2.11. The van der Waals surface area contributed by atoms with Crippen LogP contribution in [0.4, 0.5) is 5.95 Å². The van der Waals surface area contributed by atoms with Crippen molar-refractivity contribution in [1.29, 1.82) is 0 Å². The molecule has 0 aliphatic carbocycles. The van der Waals surface area contributed by atoms with Crippen LogP contribution in [0.2, 0.25) is 0 Å². The van der Waals surface area contributed by atoms with E-state index in [0.717, 1.165) is 13.2 Å². The molecule has 6 nitrogen and oxygen atoms in total. The van der Waals surface area contributed by atoms with Crippen LogP contribution in [0.5, 0.6) is 0 Å². The van der Waals surface area contributed by atoms with Gasteiger partial charge in [0, 0.05) is 31.4 Å². The van der Waals surface area contributed by atoms with E-state index in [1.165, 1.54) is 0 Å². The van der Waals surface area contributed by atoms with Crippen LogP contribution in [-0.4, -0.2) is 41.7 Å². The molecule has 1 unspecified atom stereocenters. The highest BCUT2D eigenvalue weighted by atomic mass is 16.5. The van der Waals surface area contributed by atoms with Gasteiger partial charge in [0.2, 0.25) is 11.9 Å². The van der Waals surface area contributed by atoms with Gasteiger partial charge in [0.25, 0.3) is 0 Å². The molecule has 1 aliphatic rings. The zero-order valence-corrected chi connectivity index (χ0v) is 8.32. The molecule has 1 aromatic rings. The van der Waals surface area contributed by atoms with Crippen LogP contribution < -0.4 is 10.6 Å². The van der Waals surface area contributed by atoms with E-state index in [1.807, 2.05) is 0 Å². The largest absolute Gasteiger partial charge is 0.378 e. The smallest absolute Gasteiger partial charge is 0.228 e. The highest BCUT2D eigenvalue weighted by Gasteiger charge is 2.16. The fourth-order valence-electron chi connectivity index (χ4n) is 1.49. The summed E-state index contributed by atoms with van der Waals surface area (Å²) in [7, 11) is 0. The summed E-state index contributed by atoms with van der Waals surface area (Å²) >= 11 is 0. The molecule has 1 saturated heterocycles. The minimum atomic E-state index is -0.0621. The molecule has 82 valence electrons. The van der Waals surface area contributed by atoms with Crippen molar-refractivity contribution in [3.8, 4) is 0 Å². The minimum Gasteiger partial charge on any atom is -0.378 e. The number of aromatic amines is 1. The Bertz CT molecular complexity index is 306. The maximum Gasteiger partial charge on any atom is 0.228 e. The van der Waals surface area contributed by atoms with Gasteiger partial charge in [-0.3, -0.25) is 10.1 Å². The van der Waals surface area contributed by atoms with Crippen molar-refractivity contribution in [3.05, 3.63) is 12.4 Å². The van der Waals surface area contributed by atoms with E-state index in [1.54, 1.807) is 12.4 Å². The second-order valence-electron chi connectivity index (χ2n) is 3.42. The summed E-state index contributed by atoms with van der Waals surface area (Å²) in [5.74, 6) is 0.421. The first-order chi connectivity index (χ1) is 7.34. The van der Waals surface area contributed by atoms with Crippen LogP contribution in [0.3, 0.4) is 0 Å². The Morgan fingerprint density at radius 2 is 2.67 bits per heavy atom. The van der Waals surface area contributed by atoms with E-state index in [4.69, 9.17) is 4.74 Å². The molecule has 15 heavy (non-hydrogen) atoms. The topological polar surface area (TPSA) is 79.0 Å². The van der Waals surface area contributed by atoms with Crippen molar-refractivity contribution in [1.82, 2.24) is 15.3 Å². The van der Waals surface area contributed by atoms with Crippen molar-refractivity contribution in [2.24, 2.45) is 0 Å². The Balaban J connectivity index is 1.76. The monoisotopic (exact) mass is 210 g/mol. The van der Waals surface area contributed by atoms with E-state index < -0.39 is 0 Å². The quantitative estimate of drug-likeness (QED) is 0.641. The van der Waals surface area contributed by atoms with Gasteiger partial charge < -0.3 is 15.0 Å². The molecular formula is C9H14N4O2. The van der Waals surface area contributed by atoms with E-state index in [-0.39, 0.29) is 11.9 Å². The number of hydrogen-bond donors (Lipinski definition) is 3. The number of imidazole rings is 1. The van der Waals surface area contributed by atoms with E-state index in [2.05, 4.69) is 20.6 Å². The normalized spacial score (nSPS) is 21.2. The van der Waals surface area contributed by atoms with Gasteiger partial charge >= 0.3 is 0 Å². The molecule has 0 radical (unpaired) electrons. The van der Waals surface area contributed by atoms with E-state index >= 15 is 0 Å². The van der Waals surface area contributed by atoms with Crippen molar-refractivity contribution in [2.75, 3.05) is 25.1 Å². The van der Waals surface area contributed by atoms with Crippen molar-refractivity contribution < 1.29 is 9.53 Å². The highest BCUT2D eigenvalue weighted by Crippen LogP contribution is 2.01. The van der Waals surface area contributed by atoms with Gasteiger partial charge in [-0.05, 0) is 0 Å². The van der Waals surface area contributed by atoms with Gasteiger partial charge in [0.1, 0.15) is 0 Å². The maximum atomic E-state index is 11.5. The molecule has 3 N–H and O–H groups in total. The number of carbonyl (C=O) groups is 1. The molecular weight excluding hydrogens is 196 g/mol. The first-order valence-electron chi connectivity index (χ1n) is 4.95. The number of carbonyl (C=O) groups excluding carboxylic acids is 1. The summed E-state index contributed by atoms with van der Waals surface area (Å²) in [4.78, 5) is 18.2. The molecule has 6 heteroatoms. The lowest BCUT2D eigenvalue weighted by atomic mass is 10.2. The lowest BCUT2D eigenvalue weighted by Crippen LogP contribution is -2.43.